The lowest BCUT2D eigenvalue weighted by atomic mass is 10.0. The van der Waals surface area contributed by atoms with Gasteiger partial charge in [0.2, 0.25) is 11.3 Å². The van der Waals surface area contributed by atoms with Crippen molar-refractivity contribution in [3.8, 4) is 5.75 Å². The number of hydrogen-bond donors (Lipinski definition) is 2. The van der Waals surface area contributed by atoms with E-state index in [0.29, 0.717) is 6.54 Å². The van der Waals surface area contributed by atoms with E-state index in [0.717, 1.165) is 30.0 Å². The van der Waals surface area contributed by atoms with Crippen LogP contribution in [0.15, 0.2) is 41.3 Å². The number of rotatable bonds is 3. The van der Waals surface area contributed by atoms with Crippen LogP contribution in [0.4, 0.5) is 5.69 Å². The normalized spacial score (nSPS) is 15.6. The van der Waals surface area contributed by atoms with Crippen molar-refractivity contribution in [3.63, 3.8) is 0 Å². The molecule has 0 saturated heterocycles. The number of nitrogens with zero attached hydrogens (tertiary/aromatic N) is 2. The molecule has 6 heteroatoms. The van der Waals surface area contributed by atoms with Crippen LogP contribution in [0.1, 0.15) is 31.1 Å². The summed E-state index contributed by atoms with van der Waals surface area (Å²) in [4.78, 5) is 25.2. The van der Waals surface area contributed by atoms with Crippen LogP contribution in [-0.4, -0.2) is 27.0 Å². The van der Waals surface area contributed by atoms with Gasteiger partial charge in [-0.05, 0) is 24.6 Å². The molecule has 1 aliphatic heterocycles. The maximum atomic E-state index is 11.7. The molecule has 0 aliphatic carbocycles. The number of anilines is 1. The van der Waals surface area contributed by atoms with Crippen molar-refractivity contribution in [3.05, 3.63) is 58.0 Å². The molecule has 126 valence electrons. The Labute approximate surface area is 140 Å². The average Bonchev–Trinajstić information content (AvgIpc) is 2.54. The quantitative estimate of drug-likeness (QED) is 0.905. The second-order valence-electron chi connectivity index (χ2n) is 6.16. The Morgan fingerprint density at radius 2 is 2.08 bits per heavy atom. The lowest BCUT2D eigenvalue weighted by Crippen LogP contribution is -2.36. The van der Waals surface area contributed by atoms with Gasteiger partial charge in [0.25, 0.3) is 0 Å². The summed E-state index contributed by atoms with van der Waals surface area (Å²) in [7, 11) is 0. The molecule has 0 radical (unpaired) electrons. The summed E-state index contributed by atoms with van der Waals surface area (Å²) in [5.41, 5.74) is 2.44. The number of pyridine rings is 1. The van der Waals surface area contributed by atoms with Gasteiger partial charge < -0.3 is 15.0 Å². The van der Waals surface area contributed by atoms with Gasteiger partial charge in [0.05, 0.1) is 6.20 Å². The summed E-state index contributed by atoms with van der Waals surface area (Å²) >= 11 is 0. The Morgan fingerprint density at radius 3 is 2.83 bits per heavy atom. The molecule has 1 aromatic carbocycles. The molecule has 1 aromatic heterocycles. The van der Waals surface area contributed by atoms with Crippen molar-refractivity contribution in [1.82, 2.24) is 9.47 Å². The van der Waals surface area contributed by atoms with Crippen LogP contribution in [-0.2, 0) is 17.9 Å². The molecule has 1 amide bonds. The van der Waals surface area contributed by atoms with E-state index in [4.69, 9.17) is 0 Å². The third-order valence-corrected chi connectivity index (χ3v) is 4.43. The highest BCUT2D eigenvalue weighted by Crippen LogP contribution is 2.26. The van der Waals surface area contributed by atoms with E-state index in [1.165, 1.54) is 19.2 Å². The summed E-state index contributed by atoms with van der Waals surface area (Å²) in [6.07, 6.45) is 1.51. The number of aromatic nitrogens is 1. The van der Waals surface area contributed by atoms with Gasteiger partial charge in [-0.2, -0.15) is 0 Å². The number of fused-ring (bicyclic) bond motifs is 1. The van der Waals surface area contributed by atoms with Gasteiger partial charge in [0.15, 0.2) is 5.75 Å². The second kappa shape index (κ2) is 6.49. The van der Waals surface area contributed by atoms with Gasteiger partial charge in [-0.1, -0.05) is 12.1 Å². The molecular weight excluding hydrogens is 306 g/mol. The Morgan fingerprint density at radius 1 is 1.29 bits per heavy atom. The lowest BCUT2D eigenvalue weighted by Gasteiger charge is -2.35. The van der Waals surface area contributed by atoms with Gasteiger partial charge in [-0.3, -0.25) is 14.5 Å². The Balaban J connectivity index is 1.81. The second-order valence-corrected chi connectivity index (χ2v) is 6.16. The minimum Gasteiger partial charge on any atom is -0.503 e. The van der Waals surface area contributed by atoms with Crippen LogP contribution in [0.25, 0.3) is 0 Å². The Kier molecular flexibility index (Phi) is 4.40. The van der Waals surface area contributed by atoms with Crippen LogP contribution >= 0.6 is 0 Å². The highest BCUT2D eigenvalue weighted by molar-refractivity contribution is 5.88. The fraction of sp³-hybridized carbons (Fsp3) is 0.333. The molecule has 24 heavy (non-hydrogen) atoms. The van der Waals surface area contributed by atoms with Crippen LogP contribution in [0.2, 0.25) is 0 Å². The van der Waals surface area contributed by atoms with E-state index >= 15 is 0 Å². The minimum absolute atomic E-state index is 0.0918. The molecule has 2 aromatic rings. The first-order chi connectivity index (χ1) is 11.4. The molecule has 2 N–H and O–H groups in total. The van der Waals surface area contributed by atoms with E-state index in [9.17, 15) is 14.7 Å². The van der Waals surface area contributed by atoms with Gasteiger partial charge in [0, 0.05) is 50.0 Å². The molecular formula is C18H21N3O3. The standard InChI is InChI=1S/C18H21N3O3/c1-12(14-4-3-5-15(8-14)19-13(2)22)20-6-7-21-11-18(24)17(23)9-16(21)10-20/h3-5,8-9,11-12,24H,6-7,10H2,1-2H3,(H,19,22). The molecule has 0 fully saturated rings. The van der Waals surface area contributed by atoms with Gasteiger partial charge in [-0.15, -0.1) is 0 Å². The molecule has 0 saturated carbocycles. The molecule has 1 atom stereocenters. The van der Waals surface area contributed by atoms with E-state index in [2.05, 4.69) is 17.1 Å². The predicted molar refractivity (Wildman–Crippen MR) is 91.9 cm³/mol. The number of carbonyl (C=O) groups excluding carboxylic acids is 1. The van der Waals surface area contributed by atoms with Crippen LogP contribution in [0.3, 0.4) is 0 Å². The summed E-state index contributed by atoms with van der Waals surface area (Å²) < 4.78 is 1.92. The van der Waals surface area contributed by atoms with Crippen molar-refractivity contribution in [2.75, 3.05) is 11.9 Å². The number of hydrogen-bond acceptors (Lipinski definition) is 4. The van der Waals surface area contributed by atoms with Crippen molar-refractivity contribution in [2.45, 2.75) is 33.0 Å². The SMILES string of the molecule is CC(=O)Nc1cccc(C(C)N2CCn3cc(O)c(=O)cc3C2)c1. The third kappa shape index (κ3) is 3.33. The van der Waals surface area contributed by atoms with Crippen molar-refractivity contribution >= 4 is 11.6 Å². The third-order valence-electron chi connectivity index (χ3n) is 4.43. The smallest absolute Gasteiger partial charge is 0.223 e. The number of carbonyl (C=O) groups is 1. The van der Waals surface area contributed by atoms with E-state index in [-0.39, 0.29) is 23.1 Å². The summed E-state index contributed by atoms with van der Waals surface area (Å²) in [5.74, 6) is -0.297. The summed E-state index contributed by atoms with van der Waals surface area (Å²) in [6, 6.07) is 9.46. The minimum atomic E-state index is -0.344. The highest BCUT2D eigenvalue weighted by atomic mass is 16.3. The Bertz CT molecular complexity index is 828. The molecule has 1 unspecified atom stereocenters. The molecule has 6 nitrogen and oxygen atoms in total. The van der Waals surface area contributed by atoms with E-state index < -0.39 is 0 Å². The van der Waals surface area contributed by atoms with Gasteiger partial charge in [-0.25, -0.2) is 0 Å². The largest absolute Gasteiger partial charge is 0.503 e. The number of benzene rings is 1. The number of amides is 1. The van der Waals surface area contributed by atoms with Crippen molar-refractivity contribution in [2.24, 2.45) is 0 Å². The van der Waals surface area contributed by atoms with Crippen LogP contribution < -0.4 is 10.7 Å². The summed E-state index contributed by atoms with van der Waals surface area (Å²) in [6.45, 7) is 5.78. The van der Waals surface area contributed by atoms with Crippen molar-refractivity contribution in [1.29, 1.82) is 0 Å². The first kappa shape index (κ1) is 16.3. The number of nitrogens with one attached hydrogen (secondary N) is 1. The molecule has 2 heterocycles. The van der Waals surface area contributed by atoms with Gasteiger partial charge in [0.1, 0.15) is 0 Å². The Hall–Kier alpha value is -2.60. The maximum Gasteiger partial charge on any atom is 0.223 e. The van der Waals surface area contributed by atoms with Gasteiger partial charge >= 0.3 is 0 Å². The number of aromatic hydroxyl groups is 1. The maximum absolute atomic E-state index is 11.7. The topological polar surface area (TPSA) is 74.6 Å². The fourth-order valence-corrected chi connectivity index (χ4v) is 3.09. The van der Waals surface area contributed by atoms with E-state index in [1.807, 2.05) is 28.8 Å². The molecule has 1 aliphatic rings. The first-order valence-electron chi connectivity index (χ1n) is 7.98. The van der Waals surface area contributed by atoms with Crippen LogP contribution in [0.5, 0.6) is 5.75 Å². The van der Waals surface area contributed by atoms with E-state index in [1.54, 1.807) is 0 Å². The highest BCUT2D eigenvalue weighted by Gasteiger charge is 2.22. The van der Waals surface area contributed by atoms with Crippen molar-refractivity contribution < 1.29 is 9.90 Å². The first-order valence-corrected chi connectivity index (χ1v) is 7.98. The predicted octanol–water partition coefficient (Wildman–Crippen LogP) is 2.09. The van der Waals surface area contributed by atoms with Crippen LogP contribution in [0, 0.1) is 0 Å². The molecule has 0 spiro atoms. The molecule has 3 rings (SSSR count). The zero-order valence-corrected chi connectivity index (χ0v) is 13.8. The molecule has 0 bridgehead atoms. The average molecular weight is 327 g/mol. The zero-order valence-electron chi connectivity index (χ0n) is 13.8. The lowest BCUT2D eigenvalue weighted by molar-refractivity contribution is -0.114. The monoisotopic (exact) mass is 327 g/mol. The fourth-order valence-electron chi connectivity index (χ4n) is 3.09. The zero-order chi connectivity index (χ0) is 17.3. The summed E-state index contributed by atoms with van der Waals surface area (Å²) in [5, 5.41) is 12.4.